The number of hydrogen-bond acceptors (Lipinski definition) is 3. The van der Waals surface area contributed by atoms with Crippen LogP contribution in [0.3, 0.4) is 0 Å². The number of hydrogen-bond donors (Lipinski definition) is 3. The number of carbonyl (C=O) groups is 2. The van der Waals surface area contributed by atoms with Crippen LogP contribution < -0.4 is 11.1 Å². The van der Waals surface area contributed by atoms with E-state index in [1.165, 1.54) is 6.07 Å². The van der Waals surface area contributed by atoms with E-state index in [4.69, 9.17) is 10.8 Å². The van der Waals surface area contributed by atoms with Crippen molar-refractivity contribution in [2.45, 2.75) is 26.2 Å². The first-order valence-electron chi connectivity index (χ1n) is 6.34. The smallest absolute Gasteiger partial charge is 0.336 e. The highest BCUT2D eigenvalue weighted by Gasteiger charge is 2.42. The van der Waals surface area contributed by atoms with Gasteiger partial charge in [-0.15, -0.1) is 0 Å². The van der Waals surface area contributed by atoms with Gasteiger partial charge in [-0.1, -0.05) is 12.5 Å². The summed E-state index contributed by atoms with van der Waals surface area (Å²) in [6.07, 6.45) is 2.61. The average molecular weight is 262 g/mol. The standard InChI is InChI=1S/C14H18N2O3/c1-9-10(12(17)18)4-2-5-11(9)16-13(19)14(8-15)6-3-7-14/h2,4-5H,3,6-8,15H2,1H3,(H,16,19)(H,17,18). The van der Waals surface area contributed by atoms with Gasteiger partial charge in [-0.3, -0.25) is 4.79 Å². The van der Waals surface area contributed by atoms with Gasteiger partial charge in [-0.2, -0.15) is 0 Å². The van der Waals surface area contributed by atoms with E-state index in [1.54, 1.807) is 19.1 Å². The fourth-order valence-corrected chi connectivity index (χ4v) is 2.39. The second-order valence-electron chi connectivity index (χ2n) is 5.08. The summed E-state index contributed by atoms with van der Waals surface area (Å²) in [5, 5.41) is 11.9. The van der Waals surface area contributed by atoms with E-state index in [2.05, 4.69) is 5.32 Å². The van der Waals surface area contributed by atoms with Crippen LogP contribution in [0.15, 0.2) is 18.2 Å². The monoisotopic (exact) mass is 262 g/mol. The molecule has 1 aliphatic carbocycles. The summed E-state index contributed by atoms with van der Waals surface area (Å²) in [6.45, 7) is 2.02. The Morgan fingerprint density at radius 3 is 2.58 bits per heavy atom. The molecule has 5 heteroatoms. The quantitative estimate of drug-likeness (QED) is 0.771. The predicted molar refractivity (Wildman–Crippen MR) is 72.1 cm³/mol. The number of anilines is 1. The third-order valence-corrected chi connectivity index (χ3v) is 4.00. The summed E-state index contributed by atoms with van der Waals surface area (Å²) in [6, 6.07) is 4.86. The van der Waals surface area contributed by atoms with Gasteiger partial charge in [0.1, 0.15) is 0 Å². The first kappa shape index (κ1) is 13.5. The number of amides is 1. The van der Waals surface area contributed by atoms with Crippen LogP contribution in [-0.2, 0) is 4.79 Å². The number of aromatic carboxylic acids is 1. The normalized spacial score (nSPS) is 16.5. The molecule has 2 rings (SSSR count). The molecule has 19 heavy (non-hydrogen) atoms. The highest BCUT2D eigenvalue weighted by Crippen LogP contribution is 2.41. The van der Waals surface area contributed by atoms with Crippen molar-refractivity contribution in [2.75, 3.05) is 11.9 Å². The lowest BCUT2D eigenvalue weighted by Gasteiger charge is -2.39. The zero-order chi connectivity index (χ0) is 14.0. The lowest BCUT2D eigenvalue weighted by atomic mass is 9.68. The number of nitrogens with one attached hydrogen (secondary N) is 1. The fraction of sp³-hybridized carbons (Fsp3) is 0.429. The van der Waals surface area contributed by atoms with E-state index in [9.17, 15) is 9.59 Å². The average Bonchev–Trinajstić information content (AvgIpc) is 2.30. The summed E-state index contributed by atoms with van der Waals surface area (Å²) in [7, 11) is 0. The van der Waals surface area contributed by atoms with Crippen LogP contribution in [0.2, 0.25) is 0 Å². The fourth-order valence-electron chi connectivity index (χ4n) is 2.39. The molecular formula is C14H18N2O3. The maximum absolute atomic E-state index is 12.2. The molecule has 0 heterocycles. The van der Waals surface area contributed by atoms with Gasteiger partial charge in [0.2, 0.25) is 5.91 Å². The summed E-state index contributed by atoms with van der Waals surface area (Å²) in [5.41, 5.74) is 6.53. The van der Waals surface area contributed by atoms with Gasteiger partial charge >= 0.3 is 5.97 Å². The van der Waals surface area contributed by atoms with Crippen LogP contribution >= 0.6 is 0 Å². The molecule has 5 nitrogen and oxygen atoms in total. The Morgan fingerprint density at radius 2 is 2.11 bits per heavy atom. The zero-order valence-corrected chi connectivity index (χ0v) is 10.9. The molecule has 4 N–H and O–H groups in total. The molecule has 0 spiro atoms. The van der Waals surface area contributed by atoms with Gasteiger partial charge in [0, 0.05) is 12.2 Å². The van der Waals surface area contributed by atoms with E-state index in [0.29, 0.717) is 17.8 Å². The number of rotatable bonds is 4. The van der Waals surface area contributed by atoms with E-state index < -0.39 is 11.4 Å². The molecule has 1 amide bonds. The van der Waals surface area contributed by atoms with Crippen molar-refractivity contribution in [2.24, 2.45) is 11.1 Å². The number of carbonyl (C=O) groups excluding carboxylic acids is 1. The highest BCUT2D eigenvalue weighted by molar-refractivity contribution is 5.99. The molecule has 102 valence electrons. The third-order valence-electron chi connectivity index (χ3n) is 4.00. The minimum Gasteiger partial charge on any atom is -0.478 e. The largest absolute Gasteiger partial charge is 0.478 e. The molecule has 0 atom stereocenters. The molecule has 1 aromatic carbocycles. The SMILES string of the molecule is Cc1c(NC(=O)C2(CN)CCC2)cccc1C(=O)O. The lowest BCUT2D eigenvalue weighted by molar-refractivity contribution is -0.129. The Kier molecular flexibility index (Phi) is 3.57. The van der Waals surface area contributed by atoms with Crippen molar-refractivity contribution >= 4 is 17.6 Å². The van der Waals surface area contributed by atoms with Crippen LogP contribution in [0.1, 0.15) is 35.2 Å². The van der Waals surface area contributed by atoms with Crippen molar-refractivity contribution < 1.29 is 14.7 Å². The summed E-state index contributed by atoms with van der Waals surface area (Å²) >= 11 is 0. The molecule has 0 aliphatic heterocycles. The molecule has 1 saturated carbocycles. The molecule has 1 fully saturated rings. The van der Waals surface area contributed by atoms with Gasteiger partial charge in [0.05, 0.1) is 11.0 Å². The molecular weight excluding hydrogens is 244 g/mol. The molecule has 0 bridgehead atoms. The Balaban J connectivity index is 2.22. The van der Waals surface area contributed by atoms with E-state index in [1.807, 2.05) is 0 Å². The van der Waals surface area contributed by atoms with Crippen LogP contribution in [0.25, 0.3) is 0 Å². The van der Waals surface area contributed by atoms with Crippen LogP contribution in [0.5, 0.6) is 0 Å². The topological polar surface area (TPSA) is 92.4 Å². The minimum atomic E-state index is -0.995. The van der Waals surface area contributed by atoms with E-state index in [-0.39, 0.29) is 11.5 Å². The lowest BCUT2D eigenvalue weighted by Crippen LogP contribution is -2.47. The predicted octanol–water partition coefficient (Wildman–Crippen LogP) is 1.76. The van der Waals surface area contributed by atoms with Crippen LogP contribution in [0.4, 0.5) is 5.69 Å². The van der Waals surface area contributed by atoms with Crippen molar-refractivity contribution in [3.63, 3.8) is 0 Å². The Morgan fingerprint density at radius 1 is 1.42 bits per heavy atom. The molecule has 0 saturated heterocycles. The number of carboxylic acids is 1. The first-order chi connectivity index (χ1) is 9.00. The van der Waals surface area contributed by atoms with E-state index in [0.717, 1.165) is 19.3 Å². The molecule has 0 aromatic heterocycles. The Labute approximate surface area is 111 Å². The summed E-state index contributed by atoms with van der Waals surface area (Å²) < 4.78 is 0. The first-order valence-corrected chi connectivity index (χ1v) is 6.34. The Bertz CT molecular complexity index is 516. The van der Waals surface area contributed by atoms with Crippen molar-refractivity contribution in [3.8, 4) is 0 Å². The second-order valence-corrected chi connectivity index (χ2v) is 5.08. The number of benzene rings is 1. The van der Waals surface area contributed by atoms with Crippen molar-refractivity contribution in [1.29, 1.82) is 0 Å². The maximum atomic E-state index is 12.2. The molecule has 1 aliphatic rings. The summed E-state index contributed by atoms with van der Waals surface area (Å²) in [5.74, 6) is -1.10. The van der Waals surface area contributed by atoms with E-state index >= 15 is 0 Å². The number of carboxylic acid groups (broad SMARTS) is 1. The van der Waals surface area contributed by atoms with Gasteiger partial charge < -0.3 is 16.2 Å². The second kappa shape index (κ2) is 5.01. The molecule has 0 unspecified atom stereocenters. The maximum Gasteiger partial charge on any atom is 0.336 e. The van der Waals surface area contributed by atoms with Crippen molar-refractivity contribution in [1.82, 2.24) is 0 Å². The highest BCUT2D eigenvalue weighted by atomic mass is 16.4. The van der Waals surface area contributed by atoms with Gasteiger partial charge in [0.25, 0.3) is 0 Å². The molecule has 0 radical (unpaired) electrons. The van der Waals surface area contributed by atoms with Gasteiger partial charge in [-0.25, -0.2) is 4.79 Å². The van der Waals surface area contributed by atoms with Crippen molar-refractivity contribution in [3.05, 3.63) is 29.3 Å². The zero-order valence-electron chi connectivity index (χ0n) is 10.9. The minimum absolute atomic E-state index is 0.105. The third kappa shape index (κ3) is 2.33. The van der Waals surface area contributed by atoms with Crippen LogP contribution in [-0.4, -0.2) is 23.5 Å². The van der Waals surface area contributed by atoms with Crippen LogP contribution in [0, 0.1) is 12.3 Å². The molecule has 1 aromatic rings. The van der Waals surface area contributed by atoms with Gasteiger partial charge in [0.15, 0.2) is 0 Å². The summed E-state index contributed by atoms with van der Waals surface area (Å²) in [4.78, 5) is 23.3. The Hall–Kier alpha value is -1.88. The van der Waals surface area contributed by atoms with Gasteiger partial charge in [-0.05, 0) is 37.5 Å². The number of nitrogens with two attached hydrogens (primary N) is 1.